The number of carbonyl (C=O) groups excluding carboxylic acids is 1. The molecular formula is C13H12NO. The minimum absolute atomic E-state index is 0.0572. The predicted octanol–water partition coefficient (Wildman–Crippen LogP) is 2.70. The van der Waals surface area contributed by atoms with Crippen LogP contribution in [0.1, 0.15) is 16.8 Å². The summed E-state index contributed by atoms with van der Waals surface area (Å²) >= 11 is 0. The van der Waals surface area contributed by atoms with Crippen molar-refractivity contribution in [3.05, 3.63) is 48.0 Å². The molecule has 2 rings (SSSR count). The van der Waals surface area contributed by atoms with Crippen molar-refractivity contribution < 1.29 is 4.79 Å². The van der Waals surface area contributed by atoms with Gasteiger partial charge in [0.2, 0.25) is 0 Å². The van der Waals surface area contributed by atoms with Crippen molar-refractivity contribution in [1.29, 1.82) is 0 Å². The summed E-state index contributed by atoms with van der Waals surface area (Å²) in [6, 6.07) is 13.5. The third-order valence-electron chi connectivity index (χ3n) is 2.44. The Labute approximate surface area is 88.7 Å². The lowest BCUT2D eigenvalue weighted by Crippen LogP contribution is -2.03. The van der Waals surface area contributed by atoms with Crippen LogP contribution < -0.4 is 5.73 Å². The highest BCUT2D eigenvalue weighted by molar-refractivity contribution is 6.08. The molecule has 0 spiro atoms. The molecule has 0 unspecified atom stereocenters. The second-order valence-corrected chi connectivity index (χ2v) is 3.45. The Hall–Kier alpha value is -1.67. The summed E-state index contributed by atoms with van der Waals surface area (Å²) in [5.41, 5.74) is 7.81. The van der Waals surface area contributed by atoms with Gasteiger partial charge in [0.25, 0.3) is 0 Å². The van der Waals surface area contributed by atoms with E-state index >= 15 is 0 Å². The van der Waals surface area contributed by atoms with Crippen LogP contribution in [-0.2, 0) is 0 Å². The highest BCUT2D eigenvalue weighted by atomic mass is 16.1. The van der Waals surface area contributed by atoms with E-state index < -0.39 is 0 Å². The van der Waals surface area contributed by atoms with Crippen LogP contribution in [0.3, 0.4) is 0 Å². The molecule has 0 aliphatic carbocycles. The molecule has 0 saturated heterocycles. The average molecular weight is 198 g/mol. The third-order valence-corrected chi connectivity index (χ3v) is 2.44. The van der Waals surface area contributed by atoms with E-state index in [4.69, 9.17) is 5.73 Å². The molecule has 0 aromatic heterocycles. The summed E-state index contributed by atoms with van der Waals surface area (Å²) in [4.78, 5) is 11.7. The van der Waals surface area contributed by atoms with E-state index in [1.807, 2.05) is 42.5 Å². The van der Waals surface area contributed by atoms with E-state index in [0.29, 0.717) is 6.42 Å². The van der Waals surface area contributed by atoms with Crippen molar-refractivity contribution in [2.24, 2.45) is 0 Å². The zero-order valence-electron chi connectivity index (χ0n) is 8.36. The fourth-order valence-corrected chi connectivity index (χ4v) is 1.72. The number of rotatable bonds is 3. The molecule has 0 atom stereocenters. The summed E-state index contributed by atoms with van der Waals surface area (Å²) in [5.74, 6) is 0.0572. The second kappa shape index (κ2) is 4.24. The molecule has 2 aromatic carbocycles. The van der Waals surface area contributed by atoms with Gasteiger partial charge < -0.3 is 0 Å². The van der Waals surface area contributed by atoms with Crippen LogP contribution in [0, 0.1) is 0 Å². The van der Waals surface area contributed by atoms with Crippen LogP contribution in [0.5, 0.6) is 0 Å². The van der Waals surface area contributed by atoms with Gasteiger partial charge in [-0.1, -0.05) is 42.5 Å². The van der Waals surface area contributed by atoms with Gasteiger partial charge in [0.1, 0.15) is 0 Å². The molecule has 75 valence electrons. The van der Waals surface area contributed by atoms with E-state index in [1.54, 1.807) is 0 Å². The van der Waals surface area contributed by atoms with Gasteiger partial charge in [-0.2, -0.15) is 0 Å². The standard InChI is InChI=1S/C13H12NO/c14-9-8-13(15)12-7-3-5-10-4-1-2-6-11(10)12/h1-7,14H,8-9H2. The van der Waals surface area contributed by atoms with E-state index in [-0.39, 0.29) is 12.3 Å². The van der Waals surface area contributed by atoms with Gasteiger partial charge in [-0.15, -0.1) is 0 Å². The van der Waals surface area contributed by atoms with Crippen LogP contribution in [0.4, 0.5) is 0 Å². The summed E-state index contributed by atoms with van der Waals surface area (Å²) in [6.45, 7) is 0.155. The highest BCUT2D eigenvalue weighted by Crippen LogP contribution is 2.19. The Morgan fingerprint density at radius 3 is 2.60 bits per heavy atom. The number of nitrogens with one attached hydrogen (secondary N) is 1. The molecule has 2 heteroatoms. The predicted molar refractivity (Wildman–Crippen MR) is 60.9 cm³/mol. The smallest absolute Gasteiger partial charge is 0.164 e. The van der Waals surface area contributed by atoms with Crippen molar-refractivity contribution >= 4 is 16.6 Å². The number of Topliss-reactive ketones (excluding diaryl/α,β-unsaturated/α-hetero) is 1. The van der Waals surface area contributed by atoms with Gasteiger partial charge in [-0.3, -0.25) is 10.5 Å². The fraction of sp³-hybridized carbons (Fsp3) is 0.154. The van der Waals surface area contributed by atoms with Crippen molar-refractivity contribution in [1.82, 2.24) is 5.73 Å². The zero-order valence-corrected chi connectivity index (χ0v) is 8.36. The van der Waals surface area contributed by atoms with Gasteiger partial charge >= 0.3 is 0 Å². The van der Waals surface area contributed by atoms with Crippen LogP contribution >= 0.6 is 0 Å². The second-order valence-electron chi connectivity index (χ2n) is 3.45. The van der Waals surface area contributed by atoms with Gasteiger partial charge in [0.15, 0.2) is 5.78 Å². The third kappa shape index (κ3) is 1.90. The molecule has 15 heavy (non-hydrogen) atoms. The largest absolute Gasteiger partial charge is 0.294 e. The zero-order chi connectivity index (χ0) is 10.7. The first kappa shape index (κ1) is 9.87. The van der Waals surface area contributed by atoms with Gasteiger partial charge in [0.05, 0.1) is 0 Å². The Balaban J connectivity index is 2.56. The molecule has 0 amide bonds. The number of ketones is 1. The highest BCUT2D eigenvalue weighted by Gasteiger charge is 2.07. The summed E-state index contributed by atoms with van der Waals surface area (Å²) in [7, 11) is 0. The number of hydrogen-bond donors (Lipinski definition) is 0. The van der Waals surface area contributed by atoms with Crippen molar-refractivity contribution in [3.63, 3.8) is 0 Å². The summed E-state index contributed by atoms with van der Waals surface area (Å²) in [6.07, 6.45) is 0.300. The summed E-state index contributed by atoms with van der Waals surface area (Å²) in [5, 5.41) is 2.06. The van der Waals surface area contributed by atoms with Crippen LogP contribution in [0.15, 0.2) is 42.5 Å². The van der Waals surface area contributed by atoms with Crippen molar-refractivity contribution in [3.8, 4) is 0 Å². The molecule has 1 radical (unpaired) electrons. The lowest BCUT2D eigenvalue weighted by Gasteiger charge is -2.04. The van der Waals surface area contributed by atoms with E-state index in [2.05, 4.69) is 0 Å². The minimum Gasteiger partial charge on any atom is -0.294 e. The Morgan fingerprint density at radius 2 is 1.80 bits per heavy atom. The Morgan fingerprint density at radius 1 is 1.07 bits per heavy atom. The average Bonchev–Trinajstić information content (AvgIpc) is 2.28. The monoisotopic (exact) mass is 198 g/mol. The van der Waals surface area contributed by atoms with E-state index in [1.165, 1.54) is 0 Å². The topological polar surface area (TPSA) is 40.9 Å². The maximum atomic E-state index is 11.7. The van der Waals surface area contributed by atoms with Crippen LogP contribution in [0.25, 0.3) is 10.8 Å². The lowest BCUT2D eigenvalue weighted by molar-refractivity contribution is 0.0986. The lowest BCUT2D eigenvalue weighted by atomic mass is 10.00. The molecule has 0 saturated carbocycles. The quantitative estimate of drug-likeness (QED) is 0.699. The van der Waals surface area contributed by atoms with Crippen LogP contribution in [0.2, 0.25) is 0 Å². The molecule has 0 fully saturated rings. The molecule has 0 aliphatic heterocycles. The van der Waals surface area contributed by atoms with Gasteiger partial charge in [-0.05, 0) is 10.8 Å². The number of carbonyl (C=O) groups is 1. The van der Waals surface area contributed by atoms with Gasteiger partial charge in [0, 0.05) is 18.5 Å². The van der Waals surface area contributed by atoms with Crippen molar-refractivity contribution in [2.75, 3.05) is 6.54 Å². The Kier molecular flexibility index (Phi) is 2.79. The molecule has 0 bridgehead atoms. The normalized spacial score (nSPS) is 10.5. The molecular weight excluding hydrogens is 186 g/mol. The number of fused-ring (bicyclic) bond motifs is 1. The van der Waals surface area contributed by atoms with Crippen LogP contribution in [-0.4, -0.2) is 12.3 Å². The maximum Gasteiger partial charge on any atom is 0.164 e. The van der Waals surface area contributed by atoms with Gasteiger partial charge in [-0.25, -0.2) is 0 Å². The van der Waals surface area contributed by atoms with Crippen molar-refractivity contribution in [2.45, 2.75) is 6.42 Å². The Bertz CT molecular complexity index is 485. The van der Waals surface area contributed by atoms with E-state index in [0.717, 1.165) is 16.3 Å². The number of benzene rings is 2. The minimum atomic E-state index is 0.0572. The maximum absolute atomic E-state index is 11.7. The first-order chi connectivity index (χ1) is 7.33. The molecule has 2 aromatic rings. The fourth-order valence-electron chi connectivity index (χ4n) is 1.72. The molecule has 2 nitrogen and oxygen atoms in total. The first-order valence-electron chi connectivity index (χ1n) is 4.98. The summed E-state index contributed by atoms with van der Waals surface area (Å²) < 4.78 is 0. The SMILES string of the molecule is [NH]CCC(=O)c1cccc2ccccc12. The molecule has 1 N–H and O–H groups in total. The number of hydrogen-bond acceptors (Lipinski definition) is 1. The molecule has 0 aliphatic rings. The first-order valence-corrected chi connectivity index (χ1v) is 4.98. The van der Waals surface area contributed by atoms with E-state index in [9.17, 15) is 4.79 Å². The molecule has 0 heterocycles.